The third kappa shape index (κ3) is 8.67. The molecule has 1 aromatic rings. The highest BCUT2D eigenvalue weighted by Gasteiger charge is 2.20. The van der Waals surface area contributed by atoms with Crippen molar-refractivity contribution in [3.8, 4) is 0 Å². The molecule has 0 radical (unpaired) electrons. The topological polar surface area (TPSA) is 46.1 Å². The lowest BCUT2D eigenvalue weighted by molar-refractivity contribution is 0.206. The summed E-state index contributed by atoms with van der Waals surface area (Å²) in [4.78, 5) is 12.0. The molecule has 8 heteroatoms. The summed E-state index contributed by atoms with van der Waals surface area (Å²) in [6, 6.07) is 7.61. The smallest absolute Gasteiger partial charge is 0.191 e. The Kier molecular flexibility index (Phi) is 12.6. The predicted molar refractivity (Wildman–Crippen MR) is 144 cm³/mol. The number of nitrogens with one attached hydrogen (secondary N) is 2. The van der Waals surface area contributed by atoms with Crippen LogP contribution in [0.4, 0.5) is 10.1 Å². The Morgan fingerprint density at radius 3 is 2.34 bits per heavy atom. The number of guanidine groups is 1. The van der Waals surface area contributed by atoms with Gasteiger partial charge >= 0.3 is 0 Å². The van der Waals surface area contributed by atoms with Crippen molar-refractivity contribution in [1.82, 2.24) is 20.4 Å². The molecular formula is C24H42FIN6. The average Bonchev–Trinajstić information content (AvgIpc) is 2.79. The Balaban J connectivity index is 0.00000363. The van der Waals surface area contributed by atoms with Crippen molar-refractivity contribution in [2.45, 2.75) is 45.6 Å². The van der Waals surface area contributed by atoms with Crippen molar-refractivity contribution >= 4 is 35.6 Å². The molecule has 1 aromatic carbocycles. The Hall–Kier alpha value is -1.13. The molecule has 0 bridgehead atoms. The van der Waals surface area contributed by atoms with E-state index in [1.54, 1.807) is 12.1 Å². The van der Waals surface area contributed by atoms with Gasteiger partial charge in [0.2, 0.25) is 0 Å². The van der Waals surface area contributed by atoms with Gasteiger partial charge in [0.15, 0.2) is 5.96 Å². The molecule has 0 aliphatic carbocycles. The Morgan fingerprint density at radius 2 is 1.69 bits per heavy atom. The first-order valence-corrected chi connectivity index (χ1v) is 12.2. The largest absolute Gasteiger partial charge is 0.367 e. The summed E-state index contributed by atoms with van der Waals surface area (Å²) in [5.41, 5.74) is 0.730. The summed E-state index contributed by atoms with van der Waals surface area (Å²) in [6.45, 7) is 14.4. The average molecular weight is 561 g/mol. The molecule has 6 nitrogen and oxygen atoms in total. The van der Waals surface area contributed by atoms with Gasteiger partial charge in [-0.05, 0) is 51.3 Å². The van der Waals surface area contributed by atoms with E-state index in [0.717, 1.165) is 63.9 Å². The Morgan fingerprint density at radius 1 is 1.00 bits per heavy atom. The minimum atomic E-state index is -0.121. The predicted octanol–water partition coefficient (Wildman–Crippen LogP) is 3.39. The van der Waals surface area contributed by atoms with E-state index in [2.05, 4.69) is 39.2 Å². The van der Waals surface area contributed by atoms with Crippen LogP contribution in [-0.2, 0) is 0 Å². The lowest BCUT2D eigenvalue weighted by Crippen LogP contribution is -2.49. The van der Waals surface area contributed by atoms with Crippen molar-refractivity contribution in [2.75, 3.05) is 70.3 Å². The van der Waals surface area contributed by atoms with Crippen molar-refractivity contribution in [3.05, 3.63) is 30.1 Å². The molecule has 2 heterocycles. The molecule has 2 fully saturated rings. The zero-order valence-electron chi connectivity index (χ0n) is 19.9. The van der Waals surface area contributed by atoms with Crippen molar-refractivity contribution < 1.29 is 4.39 Å². The van der Waals surface area contributed by atoms with Crippen LogP contribution in [0.2, 0.25) is 0 Å². The van der Waals surface area contributed by atoms with Gasteiger partial charge in [0, 0.05) is 64.9 Å². The van der Waals surface area contributed by atoms with Crippen LogP contribution in [0, 0.1) is 5.82 Å². The van der Waals surface area contributed by atoms with E-state index < -0.39 is 0 Å². The van der Waals surface area contributed by atoms with Gasteiger partial charge in [-0.1, -0.05) is 19.1 Å². The summed E-state index contributed by atoms with van der Waals surface area (Å²) in [7, 11) is 0. The van der Waals surface area contributed by atoms with Gasteiger partial charge < -0.3 is 20.4 Å². The number of halogens is 2. The number of rotatable bonds is 9. The highest BCUT2D eigenvalue weighted by atomic mass is 127. The molecule has 0 unspecified atom stereocenters. The van der Waals surface area contributed by atoms with Crippen LogP contribution in [0.25, 0.3) is 0 Å². The lowest BCUT2D eigenvalue weighted by atomic mass is 10.1. The van der Waals surface area contributed by atoms with Gasteiger partial charge in [0.25, 0.3) is 0 Å². The summed E-state index contributed by atoms with van der Waals surface area (Å²) in [5.74, 6) is 0.839. The number of piperidine rings is 1. The van der Waals surface area contributed by atoms with E-state index in [1.165, 1.54) is 38.9 Å². The molecule has 0 amide bonds. The molecule has 182 valence electrons. The number of hydrogen-bond donors (Lipinski definition) is 2. The summed E-state index contributed by atoms with van der Waals surface area (Å²) >= 11 is 0. The van der Waals surface area contributed by atoms with E-state index in [9.17, 15) is 4.39 Å². The zero-order valence-corrected chi connectivity index (χ0v) is 22.2. The number of anilines is 1. The maximum atomic E-state index is 14.0. The van der Waals surface area contributed by atoms with Crippen molar-refractivity contribution in [2.24, 2.45) is 4.99 Å². The third-order valence-electron chi connectivity index (χ3n) is 6.28. The second kappa shape index (κ2) is 14.9. The molecule has 2 aliphatic rings. The van der Waals surface area contributed by atoms with Gasteiger partial charge in [0.05, 0.1) is 5.69 Å². The van der Waals surface area contributed by atoms with E-state index in [4.69, 9.17) is 4.99 Å². The minimum Gasteiger partial charge on any atom is -0.367 e. The molecule has 32 heavy (non-hydrogen) atoms. The molecule has 0 atom stereocenters. The monoisotopic (exact) mass is 560 g/mol. The van der Waals surface area contributed by atoms with E-state index in [-0.39, 0.29) is 29.8 Å². The van der Waals surface area contributed by atoms with E-state index >= 15 is 0 Å². The van der Waals surface area contributed by atoms with E-state index in [1.807, 2.05) is 12.1 Å². The second-order valence-electron chi connectivity index (χ2n) is 8.65. The number of likely N-dealkylation sites (tertiary alicyclic amines) is 1. The highest BCUT2D eigenvalue weighted by molar-refractivity contribution is 14.0. The lowest BCUT2D eigenvalue weighted by Gasteiger charge is -2.36. The minimum absolute atomic E-state index is 0. The van der Waals surface area contributed by atoms with Gasteiger partial charge in [-0.3, -0.25) is 9.89 Å². The fourth-order valence-corrected chi connectivity index (χ4v) is 4.54. The first-order chi connectivity index (χ1) is 15.2. The number of nitrogens with zero attached hydrogens (tertiary/aromatic N) is 4. The first kappa shape index (κ1) is 27.1. The third-order valence-corrected chi connectivity index (χ3v) is 6.28. The zero-order chi connectivity index (χ0) is 21.9. The van der Waals surface area contributed by atoms with E-state index in [0.29, 0.717) is 6.04 Å². The van der Waals surface area contributed by atoms with Crippen LogP contribution >= 0.6 is 24.0 Å². The molecular weight excluding hydrogens is 518 g/mol. The van der Waals surface area contributed by atoms with Gasteiger partial charge in [-0.2, -0.15) is 0 Å². The Bertz CT molecular complexity index is 672. The Labute approximate surface area is 211 Å². The molecule has 0 saturated carbocycles. The maximum Gasteiger partial charge on any atom is 0.191 e. The standard InChI is InChI=1S/C24H41FN6.HI/c1-3-13-29-15-10-21(11-16-29)28-24(26-4-2)27-12-7-14-30-17-19-31(20-18-30)23-9-6-5-8-22(23)25;/h5-6,8-9,21H,3-4,7,10-20H2,1-2H3,(H2,26,27,28);1H. The molecule has 2 saturated heterocycles. The van der Waals surface area contributed by atoms with Gasteiger partial charge in [0.1, 0.15) is 5.82 Å². The number of benzene rings is 1. The van der Waals surface area contributed by atoms with Crippen LogP contribution in [0.5, 0.6) is 0 Å². The molecule has 2 N–H and O–H groups in total. The molecule has 2 aliphatic heterocycles. The highest BCUT2D eigenvalue weighted by Crippen LogP contribution is 2.20. The first-order valence-electron chi connectivity index (χ1n) is 12.2. The molecule has 0 spiro atoms. The normalized spacial score (nSPS) is 19.0. The summed E-state index contributed by atoms with van der Waals surface area (Å²) in [5, 5.41) is 7.05. The van der Waals surface area contributed by atoms with Crippen LogP contribution in [-0.4, -0.2) is 87.2 Å². The maximum absolute atomic E-state index is 14.0. The van der Waals surface area contributed by atoms with Crippen LogP contribution in [0.3, 0.4) is 0 Å². The van der Waals surface area contributed by atoms with Crippen LogP contribution in [0.1, 0.15) is 39.5 Å². The number of para-hydroxylation sites is 1. The summed E-state index contributed by atoms with van der Waals surface area (Å²) in [6.07, 6.45) is 4.67. The quantitative estimate of drug-likeness (QED) is 0.210. The van der Waals surface area contributed by atoms with Crippen molar-refractivity contribution in [1.29, 1.82) is 0 Å². The molecule has 0 aromatic heterocycles. The second-order valence-corrected chi connectivity index (χ2v) is 8.65. The number of hydrogen-bond acceptors (Lipinski definition) is 4. The van der Waals surface area contributed by atoms with Gasteiger partial charge in [-0.15, -0.1) is 24.0 Å². The molecule has 3 rings (SSSR count). The van der Waals surface area contributed by atoms with Gasteiger partial charge in [-0.25, -0.2) is 4.39 Å². The fourth-order valence-electron chi connectivity index (χ4n) is 4.54. The van der Waals surface area contributed by atoms with Crippen LogP contribution in [0.15, 0.2) is 29.3 Å². The number of piperazine rings is 1. The SMILES string of the molecule is CCCN1CCC(NC(=NCCCN2CCN(c3ccccc3F)CC2)NCC)CC1.I. The number of aliphatic imine (C=N–C) groups is 1. The fraction of sp³-hybridized carbons (Fsp3) is 0.708. The van der Waals surface area contributed by atoms with Crippen molar-refractivity contribution in [3.63, 3.8) is 0 Å². The summed E-state index contributed by atoms with van der Waals surface area (Å²) < 4.78 is 14.0. The van der Waals surface area contributed by atoms with Crippen LogP contribution < -0.4 is 15.5 Å².